The molecule has 0 radical (unpaired) electrons. The van der Waals surface area contributed by atoms with E-state index in [-0.39, 0.29) is 18.1 Å². The van der Waals surface area contributed by atoms with Gasteiger partial charge in [0.2, 0.25) is 5.91 Å². The van der Waals surface area contributed by atoms with Gasteiger partial charge < -0.3 is 10.6 Å². The Hall–Kier alpha value is -3.41. The Kier molecular flexibility index (Phi) is 4.61. The molecule has 3 rings (SSSR count). The third-order valence-electron chi connectivity index (χ3n) is 3.90. The Morgan fingerprint density at radius 1 is 1.04 bits per heavy atom. The van der Waals surface area contributed by atoms with Gasteiger partial charge in [-0.1, -0.05) is 36.4 Å². The van der Waals surface area contributed by atoms with Crippen molar-refractivity contribution in [3.63, 3.8) is 0 Å². The monoisotopic (exact) mass is 335 g/mol. The SMILES string of the molecule is Cc1ccc([N+](=O)[O-])cc1NCC(=O)Nc1ccc2ccccc2c1. The van der Waals surface area contributed by atoms with E-state index in [9.17, 15) is 14.9 Å². The second-order valence-electron chi connectivity index (χ2n) is 5.72. The number of aryl methyl sites for hydroxylation is 1. The molecule has 0 aliphatic heterocycles. The van der Waals surface area contributed by atoms with Crippen LogP contribution in [0.3, 0.4) is 0 Å². The van der Waals surface area contributed by atoms with E-state index in [2.05, 4.69) is 10.6 Å². The van der Waals surface area contributed by atoms with Crippen LogP contribution in [0, 0.1) is 17.0 Å². The van der Waals surface area contributed by atoms with Crippen molar-refractivity contribution in [2.24, 2.45) is 0 Å². The summed E-state index contributed by atoms with van der Waals surface area (Å²) in [6.07, 6.45) is 0. The lowest BCUT2D eigenvalue weighted by atomic mass is 10.1. The van der Waals surface area contributed by atoms with Gasteiger partial charge in [0.05, 0.1) is 11.5 Å². The molecule has 0 aliphatic rings. The summed E-state index contributed by atoms with van der Waals surface area (Å²) < 4.78 is 0. The maximum atomic E-state index is 12.1. The standard InChI is InChI=1S/C19H17N3O3/c1-13-6-9-17(22(24)25)11-18(13)20-12-19(23)21-16-8-7-14-4-2-3-5-15(14)10-16/h2-11,20H,12H2,1H3,(H,21,23). The van der Waals surface area contributed by atoms with Crippen LogP contribution in [0.1, 0.15) is 5.56 Å². The van der Waals surface area contributed by atoms with Crippen molar-refractivity contribution in [3.05, 3.63) is 76.3 Å². The average Bonchev–Trinajstić information content (AvgIpc) is 2.60. The van der Waals surface area contributed by atoms with Crippen molar-refractivity contribution in [3.8, 4) is 0 Å². The fraction of sp³-hybridized carbons (Fsp3) is 0.105. The Balaban J connectivity index is 1.66. The van der Waals surface area contributed by atoms with Gasteiger partial charge in [-0.2, -0.15) is 0 Å². The molecule has 2 N–H and O–H groups in total. The van der Waals surface area contributed by atoms with Crippen molar-refractivity contribution in [1.29, 1.82) is 0 Å². The molecule has 6 heteroatoms. The number of anilines is 2. The second-order valence-corrected chi connectivity index (χ2v) is 5.72. The number of amides is 1. The number of benzene rings is 3. The third kappa shape index (κ3) is 3.92. The number of fused-ring (bicyclic) bond motifs is 1. The number of carbonyl (C=O) groups excluding carboxylic acids is 1. The van der Waals surface area contributed by atoms with Gasteiger partial charge in [-0.25, -0.2) is 0 Å². The summed E-state index contributed by atoms with van der Waals surface area (Å²) in [6, 6.07) is 18.1. The number of nitrogens with zero attached hydrogens (tertiary/aromatic N) is 1. The predicted molar refractivity (Wildman–Crippen MR) is 98.9 cm³/mol. The minimum absolute atomic E-state index is 0.0111. The highest BCUT2D eigenvalue weighted by atomic mass is 16.6. The third-order valence-corrected chi connectivity index (χ3v) is 3.90. The Morgan fingerprint density at radius 3 is 2.56 bits per heavy atom. The van der Waals surface area contributed by atoms with Crippen molar-refractivity contribution < 1.29 is 9.72 Å². The summed E-state index contributed by atoms with van der Waals surface area (Å²) in [6.45, 7) is 1.85. The van der Waals surface area contributed by atoms with Gasteiger partial charge in [0.15, 0.2) is 0 Å². The normalized spacial score (nSPS) is 10.4. The predicted octanol–water partition coefficient (Wildman–Crippen LogP) is 4.11. The molecule has 3 aromatic rings. The molecule has 0 atom stereocenters. The van der Waals surface area contributed by atoms with Crippen LogP contribution < -0.4 is 10.6 Å². The molecular formula is C19H17N3O3. The molecule has 0 heterocycles. The summed E-state index contributed by atoms with van der Waals surface area (Å²) in [7, 11) is 0. The Labute approximate surface area is 144 Å². The quantitative estimate of drug-likeness (QED) is 0.543. The molecule has 0 saturated carbocycles. The molecule has 0 aromatic heterocycles. The zero-order valence-electron chi connectivity index (χ0n) is 13.7. The van der Waals surface area contributed by atoms with Gasteiger partial charge in [-0.15, -0.1) is 0 Å². The fourth-order valence-corrected chi connectivity index (χ4v) is 2.56. The number of non-ortho nitro benzene ring substituents is 1. The first-order valence-electron chi connectivity index (χ1n) is 7.80. The molecule has 3 aromatic carbocycles. The first-order chi connectivity index (χ1) is 12.0. The lowest BCUT2D eigenvalue weighted by molar-refractivity contribution is -0.384. The van der Waals surface area contributed by atoms with Crippen LogP contribution in [-0.4, -0.2) is 17.4 Å². The Bertz CT molecular complexity index is 954. The first kappa shape index (κ1) is 16.4. The number of rotatable bonds is 5. The number of hydrogen-bond acceptors (Lipinski definition) is 4. The zero-order valence-corrected chi connectivity index (χ0v) is 13.7. The lowest BCUT2D eigenvalue weighted by Crippen LogP contribution is -2.22. The van der Waals surface area contributed by atoms with Crippen molar-refractivity contribution in [1.82, 2.24) is 0 Å². The van der Waals surface area contributed by atoms with Crippen molar-refractivity contribution in [2.45, 2.75) is 6.92 Å². The molecule has 0 unspecified atom stereocenters. The van der Waals surface area contributed by atoms with E-state index in [0.717, 1.165) is 16.3 Å². The van der Waals surface area contributed by atoms with Crippen molar-refractivity contribution in [2.75, 3.05) is 17.2 Å². The van der Waals surface area contributed by atoms with Crippen LogP contribution in [0.25, 0.3) is 10.8 Å². The van der Waals surface area contributed by atoms with E-state index in [0.29, 0.717) is 11.4 Å². The largest absolute Gasteiger partial charge is 0.376 e. The number of carbonyl (C=O) groups is 1. The molecule has 0 fully saturated rings. The fourth-order valence-electron chi connectivity index (χ4n) is 2.56. The second kappa shape index (κ2) is 7.00. The minimum atomic E-state index is -0.459. The van der Waals surface area contributed by atoms with Crippen molar-refractivity contribution >= 4 is 33.7 Å². The topological polar surface area (TPSA) is 84.3 Å². The maximum Gasteiger partial charge on any atom is 0.271 e. The van der Waals surface area contributed by atoms with Crippen LogP contribution in [0.2, 0.25) is 0 Å². The highest BCUT2D eigenvalue weighted by molar-refractivity contribution is 5.96. The van der Waals surface area contributed by atoms with E-state index < -0.39 is 4.92 Å². The van der Waals surface area contributed by atoms with Gasteiger partial charge >= 0.3 is 0 Å². The molecule has 0 bridgehead atoms. The van der Waals surface area contributed by atoms with Crippen LogP contribution in [0.5, 0.6) is 0 Å². The van der Waals surface area contributed by atoms with Gasteiger partial charge in [-0.05, 0) is 35.4 Å². The molecule has 0 spiro atoms. The van der Waals surface area contributed by atoms with Crippen LogP contribution in [0.15, 0.2) is 60.7 Å². The van der Waals surface area contributed by atoms with E-state index in [4.69, 9.17) is 0 Å². The van der Waals surface area contributed by atoms with Crippen LogP contribution in [0.4, 0.5) is 17.1 Å². The minimum Gasteiger partial charge on any atom is -0.376 e. The van der Waals surface area contributed by atoms with E-state index >= 15 is 0 Å². The Morgan fingerprint density at radius 2 is 1.80 bits per heavy atom. The van der Waals surface area contributed by atoms with Crippen LogP contribution >= 0.6 is 0 Å². The number of nitro benzene ring substituents is 1. The summed E-state index contributed by atoms with van der Waals surface area (Å²) in [4.78, 5) is 22.5. The molecule has 126 valence electrons. The van der Waals surface area contributed by atoms with Gasteiger partial charge in [0.1, 0.15) is 0 Å². The maximum absolute atomic E-state index is 12.1. The van der Waals surface area contributed by atoms with E-state index in [1.165, 1.54) is 12.1 Å². The van der Waals surface area contributed by atoms with Crippen LogP contribution in [-0.2, 0) is 4.79 Å². The summed E-state index contributed by atoms with van der Waals surface area (Å²) >= 11 is 0. The van der Waals surface area contributed by atoms with Gasteiger partial charge in [0.25, 0.3) is 5.69 Å². The average molecular weight is 335 g/mol. The molecule has 1 amide bonds. The summed E-state index contributed by atoms with van der Waals surface area (Å²) in [5, 5.41) is 18.8. The summed E-state index contributed by atoms with van der Waals surface area (Å²) in [5.41, 5.74) is 2.11. The van der Waals surface area contributed by atoms with Gasteiger partial charge in [0, 0.05) is 23.5 Å². The first-order valence-corrected chi connectivity index (χ1v) is 7.80. The highest BCUT2D eigenvalue weighted by Crippen LogP contribution is 2.22. The zero-order chi connectivity index (χ0) is 17.8. The summed E-state index contributed by atoms with van der Waals surface area (Å²) in [5.74, 6) is -0.221. The number of nitrogens with one attached hydrogen (secondary N) is 2. The van der Waals surface area contributed by atoms with Gasteiger partial charge in [-0.3, -0.25) is 14.9 Å². The van der Waals surface area contributed by atoms with E-state index in [1.807, 2.05) is 49.4 Å². The molecule has 6 nitrogen and oxygen atoms in total. The lowest BCUT2D eigenvalue weighted by Gasteiger charge is -2.10. The van der Waals surface area contributed by atoms with E-state index in [1.54, 1.807) is 6.07 Å². The highest BCUT2D eigenvalue weighted by Gasteiger charge is 2.10. The smallest absolute Gasteiger partial charge is 0.271 e. The number of hydrogen-bond donors (Lipinski definition) is 2. The molecule has 25 heavy (non-hydrogen) atoms. The molecule has 0 saturated heterocycles. The number of nitro groups is 1. The molecule has 0 aliphatic carbocycles. The molecular weight excluding hydrogens is 318 g/mol.